The number of hydrogen-bond acceptors (Lipinski definition) is 1. The molecule has 2 rings (SSSR count). The maximum Gasteiger partial charge on any atom is 0.0986 e. The second-order valence-corrected chi connectivity index (χ2v) is 4.85. The summed E-state index contributed by atoms with van der Waals surface area (Å²) in [4.78, 5) is 4.07. The van der Waals surface area contributed by atoms with Crippen molar-refractivity contribution in [2.75, 3.05) is 0 Å². The third kappa shape index (κ3) is 3.02. The first-order chi connectivity index (χ1) is 8.70. The summed E-state index contributed by atoms with van der Waals surface area (Å²) >= 11 is 5.94. The van der Waals surface area contributed by atoms with E-state index in [1.54, 1.807) is 12.5 Å². The zero-order valence-corrected chi connectivity index (χ0v) is 11.4. The zero-order valence-electron chi connectivity index (χ0n) is 10.7. The monoisotopic (exact) mass is 260 g/mol. The number of imidazole rings is 1. The van der Waals surface area contributed by atoms with Crippen molar-refractivity contribution in [2.24, 2.45) is 5.92 Å². The summed E-state index contributed by atoms with van der Waals surface area (Å²) in [5.74, 6) is 0.494. The molecule has 1 atom stereocenters. The Morgan fingerprint density at radius 1 is 1.39 bits per heavy atom. The van der Waals surface area contributed by atoms with Gasteiger partial charge in [-0.3, -0.25) is 0 Å². The van der Waals surface area contributed by atoms with E-state index in [9.17, 15) is 0 Å². The highest BCUT2D eigenvalue weighted by Gasteiger charge is 2.09. The average Bonchev–Trinajstić information content (AvgIpc) is 2.89. The van der Waals surface area contributed by atoms with Crippen molar-refractivity contribution in [1.29, 1.82) is 0 Å². The van der Waals surface area contributed by atoms with Crippen molar-refractivity contribution in [3.63, 3.8) is 0 Å². The van der Waals surface area contributed by atoms with Gasteiger partial charge < -0.3 is 4.57 Å². The fourth-order valence-electron chi connectivity index (χ4n) is 1.85. The molecule has 0 amide bonds. The molecular formula is C15H17ClN2. The molecule has 0 aliphatic carbocycles. The van der Waals surface area contributed by atoms with Crippen LogP contribution in [0.3, 0.4) is 0 Å². The Morgan fingerprint density at radius 2 is 2.11 bits per heavy atom. The normalized spacial score (nSPS) is 13.6. The van der Waals surface area contributed by atoms with Gasteiger partial charge in [-0.2, -0.15) is 0 Å². The van der Waals surface area contributed by atoms with Crippen LogP contribution >= 0.6 is 11.6 Å². The quantitative estimate of drug-likeness (QED) is 0.787. The number of halogens is 1. The van der Waals surface area contributed by atoms with Gasteiger partial charge in [0.05, 0.1) is 6.33 Å². The Hall–Kier alpha value is -1.54. The maximum atomic E-state index is 5.94. The van der Waals surface area contributed by atoms with E-state index in [4.69, 9.17) is 11.6 Å². The van der Waals surface area contributed by atoms with Gasteiger partial charge in [-0.1, -0.05) is 37.6 Å². The van der Waals surface area contributed by atoms with Crippen molar-refractivity contribution in [3.8, 4) is 0 Å². The molecule has 2 aromatic rings. The van der Waals surface area contributed by atoms with E-state index in [0.29, 0.717) is 5.92 Å². The van der Waals surface area contributed by atoms with Gasteiger partial charge in [0, 0.05) is 23.6 Å². The molecule has 2 nitrogen and oxygen atoms in total. The van der Waals surface area contributed by atoms with Crippen molar-refractivity contribution in [3.05, 3.63) is 53.6 Å². The first-order valence-corrected chi connectivity index (χ1v) is 6.53. The zero-order chi connectivity index (χ0) is 13.0. The Morgan fingerprint density at radius 3 is 2.67 bits per heavy atom. The lowest BCUT2D eigenvalue weighted by atomic mass is 9.93. The molecule has 0 aliphatic rings. The predicted octanol–water partition coefficient (Wildman–Crippen LogP) is 4.58. The molecular weight excluding hydrogens is 244 g/mol. The van der Waals surface area contributed by atoms with Crippen LogP contribution in [0.15, 0.2) is 43.0 Å². The largest absolute Gasteiger partial charge is 0.313 e. The molecule has 94 valence electrons. The van der Waals surface area contributed by atoms with Crippen LogP contribution in [0.4, 0.5) is 0 Å². The summed E-state index contributed by atoms with van der Waals surface area (Å²) in [5, 5.41) is 0.768. The molecule has 1 aromatic heterocycles. The molecule has 1 heterocycles. The highest BCUT2D eigenvalue weighted by atomic mass is 35.5. The Balaban J connectivity index is 2.39. The van der Waals surface area contributed by atoms with Crippen LogP contribution in [0, 0.1) is 5.92 Å². The molecule has 0 N–H and O–H groups in total. The Bertz CT molecular complexity index is 512. The van der Waals surface area contributed by atoms with Gasteiger partial charge in [0.15, 0.2) is 0 Å². The molecule has 0 bridgehead atoms. The SMILES string of the molecule is CCC(C)C(=Cn1ccnc1)c1ccc(Cl)cc1. The maximum absolute atomic E-state index is 5.94. The lowest BCUT2D eigenvalue weighted by Crippen LogP contribution is -1.99. The lowest BCUT2D eigenvalue weighted by Gasteiger charge is -2.15. The van der Waals surface area contributed by atoms with Crippen LogP contribution in [0.5, 0.6) is 0 Å². The van der Waals surface area contributed by atoms with E-state index in [1.165, 1.54) is 11.1 Å². The number of benzene rings is 1. The van der Waals surface area contributed by atoms with Gasteiger partial charge in [-0.25, -0.2) is 4.98 Å². The van der Waals surface area contributed by atoms with Crippen LogP contribution in [-0.2, 0) is 0 Å². The fourth-order valence-corrected chi connectivity index (χ4v) is 1.98. The molecule has 18 heavy (non-hydrogen) atoms. The van der Waals surface area contributed by atoms with E-state index in [-0.39, 0.29) is 0 Å². The highest BCUT2D eigenvalue weighted by Crippen LogP contribution is 2.27. The predicted molar refractivity (Wildman–Crippen MR) is 77.3 cm³/mol. The first kappa shape index (κ1) is 12.9. The molecule has 3 heteroatoms. The third-order valence-corrected chi connectivity index (χ3v) is 3.39. The Labute approximate surface area is 113 Å². The highest BCUT2D eigenvalue weighted by molar-refractivity contribution is 6.30. The van der Waals surface area contributed by atoms with Crippen molar-refractivity contribution in [2.45, 2.75) is 20.3 Å². The van der Waals surface area contributed by atoms with Gasteiger partial charge in [0.1, 0.15) is 0 Å². The van der Waals surface area contributed by atoms with E-state index < -0.39 is 0 Å². The van der Waals surface area contributed by atoms with Gasteiger partial charge in [-0.15, -0.1) is 0 Å². The number of rotatable bonds is 4. The van der Waals surface area contributed by atoms with E-state index >= 15 is 0 Å². The minimum absolute atomic E-state index is 0.494. The number of aromatic nitrogens is 2. The summed E-state index contributed by atoms with van der Waals surface area (Å²) in [6.07, 6.45) is 8.76. The van der Waals surface area contributed by atoms with Crippen molar-refractivity contribution >= 4 is 23.4 Å². The van der Waals surface area contributed by atoms with E-state index in [1.807, 2.05) is 22.9 Å². The lowest BCUT2D eigenvalue weighted by molar-refractivity contribution is 0.718. The van der Waals surface area contributed by atoms with Crippen LogP contribution in [-0.4, -0.2) is 9.55 Å². The smallest absolute Gasteiger partial charge is 0.0986 e. The Kier molecular flexibility index (Phi) is 4.21. The second-order valence-electron chi connectivity index (χ2n) is 4.41. The van der Waals surface area contributed by atoms with Gasteiger partial charge in [0.2, 0.25) is 0 Å². The van der Waals surface area contributed by atoms with E-state index in [0.717, 1.165) is 11.4 Å². The molecule has 0 spiro atoms. The van der Waals surface area contributed by atoms with Crippen LogP contribution in [0.25, 0.3) is 11.8 Å². The molecule has 0 saturated carbocycles. The number of hydrogen-bond donors (Lipinski definition) is 0. The molecule has 0 aliphatic heterocycles. The van der Waals surface area contributed by atoms with Gasteiger partial charge in [-0.05, 0) is 35.6 Å². The minimum atomic E-state index is 0.494. The van der Waals surface area contributed by atoms with Crippen LogP contribution < -0.4 is 0 Å². The summed E-state index contributed by atoms with van der Waals surface area (Å²) in [6.45, 7) is 4.43. The average molecular weight is 261 g/mol. The summed E-state index contributed by atoms with van der Waals surface area (Å²) in [6, 6.07) is 8.00. The minimum Gasteiger partial charge on any atom is -0.313 e. The summed E-state index contributed by atoms with van der Waals surface area (Å²) in [7, 11) is 0. The number of nitrogens with zero attached hydrogens (tertiary/aromatic N) is 2. The van der Waals surface area contributed by atoms with Gasteiger partial charge >= 0.3 is 0 Å². The van der Waals surface area contributed by atoms with Gasteiger partial charge in [0.25, 0.3) is 0 Å². The fraction of sp³-hybridized carbons (Fsp3) is 0.267. The topological polar surface area (TPSA) is 17.8 Å². The van der Waals surface area contributed by atoms with Crippen molar-refractivity contribution < 1.29 is 0 Å². The van der Waals surface area contributed by atoms with Crippen LogP contribution in [0.1, 0.15) is 25.8 Å². The summed E-state index contributed by atoms with van der Waals surface area (Å²) < 4.78 is 1.98. The van der Waals surface area contributed by atoms with Crippen molar-refractivity contribution in [1.82, 2.24) is 9.55 Å². The van der Waals surface area contributed by atoms with Crippen LogP contribution in [0.2, 0.25) is 5.02 Å². The molecule has 1 unspecified atom stereocenters. The standard InChI is InChI=1S/C15H17ClN2/c1-3-12(2)15(10-18-9-8-17-11-18)13-4-6-14(16)7-5-13/h4-12H,3H2,1-2H3. The molecule has 1 aromatic carbocycles. The molecule has 0 radical (unpaired) electrons. The van der Waals surface area contributed by atoms with E-state index in [2.05, 4.69) is 37.2 Å². The molecule has 0 fully saturated rings. The first-order valence-electron chi connectivity index (χ1n) is 6.15. The summed E-state index contributed by atoms with van der Waals surface area (Å²) in [5.41, 5.74) is 2.51. The molecule has 0 saturated heterocycles. The second kappa shape index (κ2) is 5.87. The number of allylic oxidation sites excluding steroid dienone is 1. The third-order valence-electron chi connectivity index (χ3n) is 3.13.